The maximum Gasteiger partial charge on any atom is 0.129 e. The molecule has 0 amide bonds. The lowest BCUT2D eigenvalue weighted by Gasteiger charge is -2.06. The summed E-state index contributed by atoms with van der Waals surface area (Å²) in [5, 5.41) is 3.27. The zero-order valence-electron chi connectivity index (χ0n) is 9.93. The van der Waals surface area contributed by atoms with Gasteiger partial charge in [-0.25, -0.2) is 9.97 Å². The maximum atomic E-state index is 4.22. The van der Waals surface area contributed by atoms with E-state index < -0.39 is 0 Å². The average molecular weight is 228 g/mol. The monoisotopic (exact) mass is 228 g/mol. The number of hydrogen-bond donors (Lipinski definition) is 1. The largest absolute Gasteiger partial charge is 0.366 e. The van der Waals surface area contributed by atoms with E-state index in [0.29, 0.717) is 0 Å². The molecule has 0 aliphatic heterocycles. The highest BCUT2D eigenvalue weighted by Crippen LogP contribution is 2.07. The van der Waals surface area contributed by atoms with E-state index in [9.17, 15) is 0 Å². The van der Waals surface area contributed by atoms with Crippen LogP contribution in [0.15, 0.2) is 36.9 Å². The molecule has 0 atom stereocenters. The number of rotatable bonds is 5. The molecule has 17 heavy (non-hydrogen) atoms. The third kappa shape index (κ3) is 3.52. The summed E-state index contributed by atoms with van der Waals surface area (Å²) in [4.78, 5) is 12.5. The smallest absolute Gasteiger partial charge is 0.129 e. The lowest BCUT2D eigenvalue weighted by Crippen LogP contribution is -2.03. The second kappa shape index (κ2) is 5.94. The first-order chi connectivity index (χ1) is 8.38. The van der Waals surface area contributed by atoms with Crippen LogP contribution >= 0.6 is 0 Å². The van der Waals surface area contributed by atoms with E-state index in [4.69, 9.17) is 0 Å². The van der Waals surface area contributed by atoms with Crippen molar-refractivity contribution in [3.05, 3.63) is 48.2 Å². The number of nitrogens with zero attached hydrogens (tertiary/aromatic N) is 3. The van der Waals surface area contributed by atoms with Crippen LogP contribution in [0.1, 0.15) is 24.6 Å². The van der Waals surface area contributed by atoms with Gasteiger partial charge in [-0.3, -0.25) is 4.98 Å². The third-order valence-corrected chi connectivity index (χ3v) is 2.43. The van der Waals surface area contributed by atoms with Crippen molar-refractivity contribution in [2.45, 2.75) is 26.3 Å². The van der Waals surface area contributed by atoms with Crippen LogP contribution < -0.4 is 5.32 Å². The number of pyridine rings is 1. The van der Waals surface area contributed by atoms with Crippen LogP contribution in [0.4, 0.5) is 5.82 Å². The predicted octanol–water partition coefficient (Wildman–Crippen LogP) is 2.44. The fourth-order valence-corrected chi connectivity index (χ4v) is 1.58. The SMILES string of the molecule is CCCc1cc(NCc2cccnc2)ncn1. The molecule has 2 heterocycles. The predicted molar refractivity (Wildman–Crippen MR) is 67.6 cm³/mol. The summed E-state index contributed by atoms with van der Waals surface area (Å²) in [5.74, 6) is 0.868. The molecule has 0 bridgehead atoms. The van der Waals surface area contributed by atoms with E-state index in [1.165, 1.54) is 0 Å². The molecule has 2 aromatic heterocycles. The van der Waals surface area contributed by atoms with Gasteiger partial charge in [0.15, 0.2) is 0 Å². The summed E-state index contributed by atoms with van der Waals surface area (Å²) in [7, 11) is 0. The van der Waals surface area contributed by atoms with Crippen LogP contribution in [0.2, 0.25) is 0 Å². The van der Waals surface area contributed by atoms with Crippen LogP contribution in [0.5, 0.6) is 0 Å². The summed E-state index contributed by atoms with van der Waals surface area (Å²) in [6, 6.07) is 5.97. The molecule has 0 saturated carbocycles. The third-order valence-electron chi connectivity index (χ3n) is 2.43. The maximum absolute atomic E-state index is 4.22. The van der Waals surface area contributed by atoms with Crippen molar-refractivity contribution in [1.82, 2.24) is 15.0 Å². The average Bonchev–Trinajstić information content (AvgIpc) is 2.39. The molecule has 0 fully saturated rings. The van der Waals surface area contributed by atoms with Crippen molar-refractivity contribution in [2.75, 3.05) is 5.32 Å². The second-order valence-electron chi connectivity index (χ2n) is 3.86. The van der Waals surface area contributed by atoms with Gasteiger partial charge in [0, 0.05) is 30.7 Å². The van der Waals surface area contributed by atoms with Crippen LogP contribution in [-0.4, -0.2) is 15.0 Å². The van der Waals surface area contributed by atoms with Gasteiger partial charge in [0.05, 0.1) is 0 Å². The highest BCUT2D eigenvalue weighted by atomic mass is 15.0. The van der Waals surface area contributed by atoms with E-state index in [2.05, 4.69) is 27.2 Å². The second-order valence-corrected chi connectivity index (χ2v) is 3.86. The minimum Gasteiger partial charge on any atom is -0.366 e. The van der Waals surface area contributed by atoms with E-state index in [1.54, 1.807) is 12.5 Å². The Hall–Kier alpha value is -1.97. The number of aromatic nitrogens is 3. The van der Waals surface area contributed by atoms with Crippen molar-refractivity contribution in [3.63, 3.8) is 0 Å². The first kappa shape index (κ1) is 11.5. The lowest BCUT2D eigenvalue weighted by atomic mass is 10.2. The molecule has 1 N–H and O–H groups in total. The highest BCUT2D eigenvalue weighted by Gasteiger charge is 1.98. The van der Waals surface area contributed by atoms with Gasteiger partial charge in [0.25, 0.3) is 0 Å². The molecular weight excluding hydrogens is 212 g/mol. The Kier molecular flexibility index (Phi) is 4.02. The molecule has 0 aliphatic rings. The Labute approximate surface area is 101 Å². The standard InChI is InChI=1S/C13H16N4/c1-2-4-12-7-13(17-10-16-12)15-9-11-5-3-6-14-8-11/h3,5-8,10H,2,4,9H2,1H3,(H,15,16,17). The first-order valence-corrected chi connectivity index (χ1v) is 5.82. The van der Waals surface area contributed by atoms with Gasteiger partial charge in [0.1, 0.15) is 12.1 Å². The van der Waals surface area contributed by atoms with Crippen LogP contribution in [-0.2, 0) is 13.0 Å². The van der Waals surface area contributed by atoms with E-state index >= 15 is 0 Å². The van der Waals surface area contributed by atoms with Gasteiger partial charge in [0.2, 0.25) is 0 Å². The Morgan fingerprint density at radius 2 is 2.24 bits per heavy atom. The molecule has 0 aliphatic carbocycles. The summed E-state index contributed by atoms with van der Waals surface area (Å²) < 4.78 is 0. The van der Waals surface area contributed by atoms with Crippen LogP contribution in [0.3, 0.4) is 0 Å². The van der Waals surface area contributed by atoms with Gasteiger partial charge in [-0.1, -0.05) is 19.4 Å². The van der Waals surface area contributed by atoms with Crippen molar-refractivity contribution in [2.24, 2.45) is 0 Å². The summed E-state index contributed by atoms with van der Waals surface area (Å²) in [6.07, 6.45) is 7.31. The quantitative estimate of drug-likeness (QED) is 0.854. The van der Waals surface area contributed by atoms with E-state index in [1.807, 2.05) is 24.4 Å². The van der Waals surface area contributed by atoms with Crippen LogP contribution in [0.25, 0.3) is 0 Å². The Balaban J connectivity index is 1.97. The number of hydrogen-bond acceptors (Lipinski definition) is 4. The lowest BCUT2D eigenvalue weighted by molar-refractivity contribution is 0.871. The molecule has 2 rings (SSSR count). The molecular formula is C13H16N4. The molecule has 2 aromatic rings. The highest BCUT2D eigenvalue weighted by molar-refractivity contribution is 5.35. The van der Waals surface area contributed by atoms with Gasteiger partial charge in [-0.15, -0.1) is 0 Å². The van der Waals surface area contributed by atoms with Gasteiger partial charge >= 0.3 is 0 Å². The van der Waals surface area contributed by atoms with E-state index in [-0.39, 0.29) is 0 Å². The van der Waals surface area contributed by atoms with Crippen molar-refractivity contribution in [1.29, 1.82) is 0 Å². The molecule has 0 unspecified atom stereocenters. The normalized spacial score (nSPS) is 10.2. The molecule has 0 spiro atoms. The minimum atomic E-state index is 0.733. The van der Waals surface area contributed by atoms with Crippen molar-refractivity contribution >= 4 is 5.82 Å². The molecule has 0 saturated heterocycles. The zero-order valence-corrected chi connectivity index (χ0v) is 9.93. The van der Waals surface area contributed by atoms with Crippen molar-refractivity contribution < 1.29 is 0 Å². The molecule has 88 valence electrons. The number of aryl methyl sites for hydroxylation is 1. The van der Waals surface area contributed by atoms with Gasteiger partial charge < -0.3 is 5.32 Å². The van der Waals surface area contributed by atoms with Gasteiger partial charge in [-0.2, -0.15) is 0 Å². The first-order valence-electron chi connectivity index (χ1n) is 5.82. The summed E-state index contributed by atoms with van der Waals surface area (Å²) in [6.45, 7) is 2.88. The molecule has 0 aromatic carbocycles. The summed E-state index contributed by atoms with van der Waals surface area (Å²) in [5.41, 5.74) is 2.22. The summed E-state index contributed by atoms with van der Waals surface area (Å²) >= 11 is 0. The molecule has 4 nitrogen and oxygen atoms in total. The zero-order chi connectivity index (χ0) is 11.9. The molecule has 0 radical (unpaired) electrons. The van der Waals surface area contributed by atoms with Crippen LogP contribution in [0, 0.1) is 0 Å². The topological polar surface area (TPSA) is 50.7 Å². The minimum absolute atomic E-state index is 0.733. The molecule has 4 heteroatoms. The fourth-order valence-electron chi connectivity index (χ4n) is 1.58. The number of anilines is 1. The number of nitrogens with one attached hydrogen (secondary N) is 1. The van der Waals surface area contributed by atoms with Crippen molar-refractivity contribution in [3.8, 4) is 0 Å². The van der Waals surface area contributed by atoms with E-state index in [0.717, 1.165) is 36.5 Å². The fraction of sp³-hybridized carbons (Fsp3) is 0.308. The Bertz CT molecular complexity index is 456. The Morgan fingerprint density at radius 1 is 1.29 bits per heavy atom. The Morgan fingerprint density at radius 3 is 3.00 bits per heavy atom. The van der Waals surface area contributed by atoms with Gasteiger partial charge in [-0.05, 0) is 18.1 Å².